The Bertz CT molecular complexity index is 799. The van der Waals surface area contributed by atoms with E-state index in [1.165, 1.54) is 42.6 Å². The molecule has 2 aliphatic rings. The summed E-state index contributed by atoms with van der Waals surface area (Å²) in [5, 5.41) is 12.7. The summed E-state index contributed by atoms with van der Waals surface area (Å²) >= 11 is 1.39. The molecule has 2 fully saturated rings. The predicted octanol–water partition coefficient (Wildman–Crippen LogP) is 3.17. The topological polar surface area (TPSA) is 67.4 Å². The highest BCUT2D eigenvalue weighted by molar-refractivity contribution is 7.13. The minimum atomic E-state index is -0.157. The fraction of sp³-hybridized carbons (Fsp3) is 0.571. The van der Waals surface area contributed by atoms with E-state index < -0.39 is 0 Å². The van der Waals surface area contributed by atoms with E-state index in [1.807, 2.05) is 24.3 Å². The summed E-state index contributed by atoms with van der Waals surface area (Å²) in [7, 11) is 0. The van der Waals surface area contributed by atoms with Crippen LogP contribution in [-0.4, -0.2) is 47.3 Å². The molecule has 0 bridgehead atoms. The molecule has 1 saturated heterocycles. The lowest BCUT2D eigenvalue weighted by Crippen LogP contribution is -2.36. The maximum atomic E-state index is 12.4. The molecule has 7 heteroatoms. The summed E-state index contributed by atoms with van der Waals surface area (Å²) in [5.41, 5.74) is 2.60. The second-order valence-corrected chi connectivity index (χ2v) is 9.20. The number of amides is 1. The van der Waals surface area contributed by atoms with Gasteiger partial charge in [-0.05, 0) is 25.3 Å². The SMILES string of the molecule is Cc1ccc(CNC(=O)c2nnc(CN3CCOCC4(CCCC4)C3)s2)cc1. The molecule has 1 spiro atoms. The van der Waals surface area contributed by atoms with E-state index in [9.17, 15) is 4.79 Å². The first-order chi connectivity index (χ1) is 13.6. The van der Waals surface area contributed by atoms with Gasteiger partial charge in [-0.3, -0.25) is 9.69 Å². The Morgan fingerprint density at radius 1 is 1.25 bits per heavy atom. The van der Waals surface area contributed by atoms with E-state index in [0.29, 0.717) is 17.0 Å². The Kier molecular flexibility index (Phi) is 6.04. The Labute approximate surface area is 170 Å². The quantitative estimate of drug-likeness (QED) is 0.835. The third-order valence-electron chi connectivity index (χ3n) is 5.78. The number of carbonyl (C=O) groups excluding carboxylic acids is 1. The number of benzene rings is 1. The van der Waals surface area contributed by atoms with Crippen LogP contribution in [0.15, 0.2) is 24.3 Å². The molecular formula is C21H28N4O2S. The largest absolute Gasteiger partial charge is 0.379 e. The highest BCUT2D eigenvalue weighted by Crippen LogP contribution is 2.40. The number of carbonyl (C=O) groups is 1. The molecule has 0 radical (unpaired) electrons. The number of nitrogens with one attached hydrogen (secondary N) is 1. The molecule has 6 nitrogen and oxygen atoms in total. The van der Waals surface area contributed by atoms with E-state index in [-0.39, 0.29) is 5.91 Å². The van der Waals surface area contributed by atoms with Gasteiger partial charge in [0.2, 0.25) is 5.01 Å². The summed E-state index contributed by atoms with van der Waals surface area (Å²) < 4.78 is 5.89. The number of aryl methyl sites for hydroxylation is 1. The normalized spacial score (nSPS) is 19.6. The molecule has 1 saturated carbocycles. The summed E-state index contributed by atoms with van der Waals surface area (Å²) in [4.78, 5) is 14.8. The smallest absolute Gasteiger partial charge is 0.282 e. The van der Waals surface area contributed by atoms with Crippen LogP contribution in [0.4, 0.5) is 0 Å². The maximum Gasteiger partial charge on any atom is 0.282 e. The first-order valence-corrected chi connectivity index (χ1v) is 10.9. The van der Waals surface area contributed by atoms with E-state index in [0.717, 1.165) is 43.4 Å². The van der Waals surface area contributed by atoms with Crippen molar-refractivity contribution in [3.63, 3.8) is 0 Å². The van der Waals surface area contributed by atoms with Gasteiger partial charge in [-0.25, -0.2) is 0 Å². The van der Waals surface area contributed by atoms with Gasteiger partial charge in [0.05, 0.1) is 19.8 Å². The minimum absolute atomic E-state index is 0.157. The molecule has 1 aromatic carbocycles. The maximum absolute atomic E-state index is 12.4. The third-order valence-corrected chi connectivity index (χ3v) is 6.68. The number of aromatic nitrogens is 2. The summed E-state index contributed by atoms with van der Waals surface area (Å²) in [6.07, 6.45) is 5.13. The van der Waals surface area contributed by atoms with Crippen LogP contribution in [0.2, 0.25) is 0 Å². The highest BCUT2D eigenvalue weighted by Gasteiger charge is 2.37. The molecule has 2 heterocycles. The van der Waals surface area contributed by atoms with Crippen molar-refractivity contribution < 1.29 is 9.53 Å². The number of ether oxygens (including phenoxy) is 1. The van der Waals surface area contributed by atoms with Gasteiger partial charge < -0.3 is 10.1 Å². The first-order valence-electron chi connectivity index (χ1n) is 10.1. The zero-order valence-corrected chi connectivity index (χ0v) is 17.3. The molecular weight excluding hydrogens is 372 g/mol. The Balaban J connectivity index is 1.33. The van der Waals surface area contributed by atoms with Crippen molar-refractivity contribution >= 4 is 17.2 Å². The van der Waals surface area contributed by atoms with E-state index >= 15 is 0 Å². The molecule has 28 heavy (non-hydrogen) atoms. The van der Waals surface area contributed by atoms with Gasteiger partial charge in [-0.1, -0.05) is 54.0 Å². The van der Waals surface area contributed by atoms with Crippen molar-refractivity contribution in [3.05, 3.63) is 45.4 Å². The third kappa shape index (κ3) is 4.77. The first kappa shape index (κ1) is 19.5. The van der Waals surface area contributed by atoms with E-state index in [4.69, 9.17) is 4.74 Å². The lowest BCUT2D eigenvalue weighted by molar-refractivity contribution is 0.0709. The second-order valence-electron chi connectivity index (χ2n) is 8.14. The molecule has 2 aromatic rings. The lowest BCUT2D eigenvalue weighted by Gasteiger charge is -2.31. The average Bonchev–Trinajstić information content (AvgIpc) is 3.29. The van der Waals surface area contributed by atoms with Gasteiger partial charge in [0.25, 0.3) is 5.91 Å². The highest BCUT2D eigenvalue weighted by atomic mass is 32.1. The number of nitrogens with zero attached hydrogens (tertiary/aromatic N) is 3. The van der Waals surface area contributed by atoms with Gasteiger partial charge in [0.1, 0.15) is 5.01 Å². The zero-order valence-electron chi connectivity index (χ0n) is 16.4. The van der Waals surface area contributed by atoms with Gasteiger partial charge >= 0.3 is 0 Å². The van der Waals surface area contributed by atoms with E-state index in [1.54, 1.807) is 0 Å². The molecule has 1 aliphatic heterocycles. The number of rotatable bonds is 5. The number of hydrogen-bond acceptors (Lipinski definition) is 6. The molecule has 1 aromatic heterocycles. The zero-order chi connectivity index (χ0) is 19.4. The van der Waals surface area contributed by atoms with Gasteiger partial charge in [-0.15, -0.1) is 10.2 Å². The average molecular weight is 401 g/mol. The van der Waals surface area contributed by atoms with Crippen LogP contribution < -0.4 is 5.32 Å². The molecule has 4 rings (SSSR count). The van der Waals surface area contributed by atoms with Crippen molar-refractivity contribution in [2.45, 2.75) is 45.7 Å². The van der Waals surface area contributed by atoms with Crippen LogP contribution >= 0.6 is 11.3 Å². The standard InChI is InChI=1S/C21H28N4O2S/c1-16-4-6-17(7-5-16)12-22-19(26)20-24-23-18(28-20)13-25-10-11-27-15-21(14-25)8-2-3-9-21/h4-7H,2-3,8-15H2,1H3,(H,22,26). The Hall–Kier alpha value is -1.83. The molecule has 0 atom stereocenters. The fourth-order valence-corrected chi connectivity index (χ4v) is 5.01. The fourth-order valence-electron chi connectivity index (χ4n) is 4.21. The predicted molar refractivity (Wildman–Crippen MR) is 109 cm³/mol. The summed E-state index contributed by atoms with van der Waals surface area (Å²) in [6.45, 7) is 6.92. The lowest BCUT2D eigenvalue weighted by atomic mass is 9.87. The molecule has 1 amide bonds. The van der Waals surface area contributed by atoms with Gasteiger partial charge in [-0.2, -0.15) is 0 Å². The molecule has 1 aliphatic carbocycles. The van der Waals surface area contributed by atoms with Crippen LogP contribution in [-0.2, 0) is 17.8 Å². The Morgan fingerprint density at radius 2 is 2.04 bits per heavy atom. The van der Waals surface area contributed by atoms with Crippen LogP contribution in [0.3, 0.4) is 0 Å². The molecule has 150 valence electrons. The monoisotopic (exact) mass is 400 g/mol. The van der Waals surface area contributed by atoms with Crippen molar-refractivity contribution in [1.82, 2.24) is 20.4 Å². The van der Waals surface area contributed by atoms with Gasteiger partial charge in [0.15, 0.2) is 0 Å². The van der Waals surface area contributed by atoms with Crippen LogP contribution in [0.25, 0.3) is 0 Å². The summed E-state index contributed by atoms with van der Waals surface area (Å²) in [5.74, 6) is -0.157. The summed E-state index contributed by atoms with van der Waals surface area (Å²) in [6, 6.07) is 8.15. The van der Waals surface area contributed by atoms with Crippen LogP contribution in [0.1, 0.15) is 51.6 Å². The molecule has 0 unspecified atom stereocenters. The number of hydrogen-bond donors (Lipinski definition) is 1. The van der Waals surface area contributed by atoms with Crippen molar-refractivity contribution in [1.29, 1.82) is 0 Å². The van der Waals surface area contributed by atoms with Crippen molar-refractivity contribution in [2.24, 2.45) is 5.41 Å². The van der Waals surface area contributed by atoms with Crippen LogP contribution in [0, 0.1) is 12.3 Å². The Morgan fingerprint density at radius 3 is 2.82 bits per heavy atom. The molecule has 1 N–H and O–H groups in total. The van der Waals surface area contributed by atoms with E-state index in [2.05, 4.69) is 27.3 Å². The second kappa shape index (κ2) is 8.68. The van der Waals surface area contributed by atoms with Crippen molar-refractivity contribution in [3.8, 4) is 0 Å². The minimum Gasteiger partial charge on any atom is -0.379 e. The van der Waals surface area contributed by atoms with Gasteiger partial charge in [0, 0.05) is 25.0 Å². The van der Waals surface area contributed by atoms with Crippen molar-refractivity contribution in [2.75, 3.05) is 26.3 Å². The van der Waals surface area contributed by atoms with Crippen LogP contribution in [0.5, 0.6) is 0 Å².